The number of thioether (sulfide) groups is 1. The fourth-order valence-corrected chi connectivity index (χ4v) is 3.63. The fraction of sp³-hybridized carbons (Fsp3) is 0.556. The smallest absolute Gasteiger partial charge is 0.193 e. The van der Waals surface area contributed by atoms with Crippen LogP contribution < -0.4 is 0 Å². The summed E-state index contributed by atoms with van der Waals surface area (Å²) < 4.78 is 2.23. The molecule has 6 heteroatoms. The number of likely N-dealkylation sites (N-methyl/N-ethyl adjacent to an activating group) is 1. The van der Waals surface area contributed by atoms with Crippen LogP contribution in [0.15, 0.2) is 29.4 Å². The lowest BCUT2D eigenvalue weighted by Gasteiger charge is -2.28. The van der Waals surface area contributed by atoms with Crippen LogP contribution in [0.5, 0.6) is 0 Å². The monoisotopic (exact) mass is 345 g/mol. The van der Waals surface area contributed by atoms with E-state index in [0.717, 1.165) is 42.2 Å². The predicted molar refractivity (Wildman–Crippen MR) is 100 cm³/mol. The summed E-state index contributed by atoms with van der Waals surface area (Å²) in [6.45, 7) is 9.69. The van der Waals surface area contributed by atoms with Crippen molar-refractivity contribution in [2.75, 3.05) is 33.1 Å². The maximum absolute atomic E-state index is 4.44. The summed E-state index contributed by atoms with van der Waals surface area (Å²) in [5.41, 5.74) is 2.64. The Balaban J connectivity index is 1.80. The van der Waals surface area contributed by atoms with Crippen molar-refractivity contribution in [2.45, 2.75) is 38.0 Å². The molecule has 0 N–H and O–H groups in total. The largest absolute Gasteiger partial charge is 0.308 e. The number of aromatic nitrogens is 3. The maximum atomic E-state index is 4.44. The van der Waals surface area contributed by atoms with Crippen molar-refractivity contribution in [3.05, 3.63) is 29.8 Å². The molecule has 0 spiro atoms. The second-order valence-corrected chi connectivity index (χ2v) is 8.59. The Labute approximate surface area is 149 Å². The molecule has 1 aromatic carbocycles. The summed E-state index contributed by atoms with van der Waals surface area (Å²) in [6, 6.07) is 8.75. The molecule has 2 aromatic rings. The molecule has 0 amide bonds. The van der Waals surface area contributed by atoms with Crippen LogP contribution in [0, 0.1) is 0 Å². The van der Waals surface area contributed by atoms with Crippen molar-refractivity contribution < 1.29 is 0 Å². The van der Waals surface area contributed by atoms with Gasteiger partial charge in [0, 0.05) is 18.7 Å². The lowest BCUT2D eigenvalue weighted by Crippen LogP contribution is -2.35. The van der Waals surface area contributed by atoms with E-state index >= 15 is 0 Å². The van der Waals surface area contributed by atoms with Crippen LogP contribution in [-0.2, 0) is 12.1 Å². The Hall–Kier alpha value is -1.37. The molecule has 0 saturated carbocycles. The van der Waals surface area contributed by atoms with Gasteiger partial charge in [-0.25, -0.2) is 0 Å². The van der Waals surface area contributed by atoms with Gasteiger partial charge in [-0.05, 0) is 25.1 Å². The molecule has 0 atom stereocenters. The van der Waals surface area contributed by atoms with Crippen LogP contribution in [0.3, 0.4) is 0 Å². The summed E-state index contributed by atoms with van der Waals surface area (Å²) in [4.78, 5) is 4.66. The lowest BCUT2D eigenvalue weighted by molar-refractivity contribution is 0.215. The molecular weight excluding hydrogens is 318 g/mol. The number of rotatable bonds is 4. The highest BCUT2D eigenvalue weighted by Crippen LogP contribution is 2.30. The molecular formula is C18H27N5S. The molecule has 2 heterocycles. The standard InChI is InChI=1S/C18H27N5S/c1-18(2,3)15-8-6-14(7-9-15)16-19-20-17-23(16)12-22(13-24-17)11-10-21(4)5/h6-9H,10-13H2,1-5H3. The minimum Gasteiger partial charge on any atom is -0.308 e. The Kier molecular flexibility index (Phi) is 4.99. The second-order valence-electron chi connectivity index (χ2n) is 7.67. The molecule has 1 aromatic heterocycles. The highest BCUT2D eigenvalue weighted by molar-refractivity contribution is 7.99. The minimum atomic E-state index is 0.168. The summed E-state index contributed by atoms with van der Waals surface area (Å²) in [5, 5.41) is 9.84. The van der Waals surface area contributed by atoms with E-state index in [2.05, 4.69) is 83.7 Å². The van der Waals surface area contributed by atoms with E-state index in [9.17, 15) is 0 Å². The summed E-state index contributed by atoms with van der Waals surface area (Å²) >= 11 is 1.77. The van der Waals surface area contributed by atoms with Gasteiger partial charge in [0.2, 0.25) is 0 Å². The zero-order valence-corrected chi connectivity index (χ0v) is 16.1. The number of hydrogen-bond donors (Lipinski definition) is 0. The Bertz CT molecular complexity index is 684. The van der Waals surface area contributed by atoms with Crippen LogP contribution >= 0.6 is 11.8 Å². The molecule has 3 rings (SSSR count). The van der Waals surface area contributed by atoms with Gasteiger partial charge in [0.1, 0.15) is 0 Å². The van der Waals surface area contributed by atoms with Crippen molar-refractivity contribution in [3.8, 4) is 11.4 Å². The first-order chi connectivity index (χ1) is 11.3. The Morgan fingerprint density at radius 3 is 2.46 bits per heavy atom. The summed E-state index contributed by atoms with van der Waals surface area (Å²) in [6.07, 6.45) is 0. The third-order valence-corrected chi connectivity index (χ3v) is 5.36. The van der Waals surface area contributed by atoms with Crippen LogP contribution in [-0.4, -0.2) is 57.6 Å². The third-order valence-electron chi connectivity index (χ3n) is 4.31. The minimum absolute atomic E-state index is 0.168. The van der Waals surface area contributed by atoms with Gasteiger partial charge in [0.25, 0.3) is 0 Å². The van der Waals surface area contributed by atoms with Gasteiger partial charge >= 0.3 is 0 Å². The summed E-state index contributed by atoms with van der Waals surface area (Å²) in [5.74, 6) is 1.95. The van der Waals surface area contributed by atoms with Gasteiger partial charge < -0.3 is 4.90 Å². The van der Waals surface area contributed by atoms with E-state index in [4.69, 9.17) is 0 Å². The van der Waals surface area contributed by atoms with Crippen molar-refractivity contribution >= 4 is 11.8 Å². The van der Waals surface area contributed by atoms with Gasteiger partial charge in [-0.1, -0.05) is 56.8 Å². The normalized spacial score (nSPS) is 15.8. The molecule has 0 saturated heterocycles. The fourth-order valence-electron chi connectivity index (χ4n) is 2.72. The second kappa shape index (κ2) is 6.86. The van der Waals surface area contributed by atoms with E-state index in [0.29, 0.717) is 0 Å². The molecule has 1 aliphatic rings. The zero-order chi connectivity index (χ0) is 17.3. The molecule has 0 radical (unpaired) electrons. The molecule has 1 aliphatic heterocycles. The van der Waals surface area contributed by atoms with Crippen molar-refractivity contribution in [2.24, 2.45) is 0 Å². The molecule has 5 nitrogen and oxygen atoms in total. The molecule has 24 heavy (non-hydrogen) atoms. The number of nitrogens with zero attached hydrogens (tertiary/aromatic N) is 5. The van der Waals surface area contributed by atoms with E-state index < -0.39 is 0 Å². The molecule has 130 valence electrons. The van der Waals surface area contributed by atoms with Crippen LogP contribution in [0.4, 0.5) is 0 Å². The van der Waals surface area contributed by atoms with Gasteiger partial charge in [-0.15, -0.1) is 10.2 Å². The topological polar surface area (TPSA) is 37.2 Å². The molecule has 0 aliphatic carbocycles. The average Bonchev–Trinajstić information content (AvgIpc) is 2.95. The molecule has 0 fully saturated rings. The number of benzene rings is 1. The average molecular weight is 346 g/mol. The Morgan fingerprint density at radius 1 is 1.12 bits per heavy atom. The maximum Gasteiger partial charge on any atom is 0.193 e. The molecule has 0 bridgehead atoms. The first kappa shape index (κ1) is 17.5. The van der Waals surface area contributed by atoms with E-state index in [1.807, 2.05) is 0 Å². The highest BCUT2D eigenvalue weighted by Gasteiger charge is 2.22. The quantitative estimate of drug-likeness (QED) is 0.851. The SMILES string of the molecule is CN(C)CCN1CSc2nnc(-c3ccc(C(C)(C)C)cc3)n2C1. The van der Waals surface area contributed by atoms with Gasteiger partial charge in [-0.3, -0.25) is 9.47 Å². The molecule has 0 unspecified atom stereocenters. The van der Waals surface area contributed by atoms with E-state index in [1.54, 1.807) is 11.8 Å². The van der Waals surface area contributed by atoms with Crippen molar-refractivity contribution in [1.29, 1.82) is 0 Å². The zero-order valence-electron chi connectivity index (χ0n) is 15.3. The van der Waals surface area contributed by atoms with Gasteiger partial charge in [-0.2, -0.15) is 0 Å². The number of fused-ring (bicyclic) bond motifs is 1. The van der Waals surface area contributed by atoms with Crippen LogP contribution in [0.2, 0.25) is 0 Å². The first-order valence-corrected chi connectivity index (χ1v) is 9.37. The first-order valence-electron chi connectivity index (χ1n) is 8.38. The van der Waals surface area contributed by atoms with Crippen molar-refractivity contribution in [1.82, 2.24) is 24.6 Å². The van der Waals surface area contributed by atoms with Gasteiger partial charge in [0.15, 0.2) is 11.0 Å². The highest BCUT2D eigenvalue weighted by atomic mass is 32.2. The number of hydrogen-bond acceptors (Lipinski definition) is 5. The van der Waals surface area contributed by atoms with E-state index in [-0.39, 0.29) is 5.41 Å². The summed E-state index contributed by atoms with van der Waals surface area (Å²) in [7, 11) is 4.23. The lowest BCUT2D eigenvalue weighted by atomic mass is 9.87. The van der Waals surface area contributed by atoms with Crippen molar-refractivity contribution in [3.63, 3.8) is 0 Å². The third kappa shape index (κ3) is 3.82. The van der Waals surface area contributed by atoms with Gasteiger partial charge in [0.05, 0.1) is 12.5 Å². The van der Waals surface area contributed by atoms with E-state index in [1.165, 1.54) is 5.56 Å². The van der Waals surface area contributed by atoms with Crippen LogP contribution in [0.25, 0.3) is 11.4 Å². The predicted octanol–water partition coefficient (Wildman–Crippen LogP) is 3.13. The Morgan fingerprint density at radius 2 is 1.83 bits per heavy atom. The van der Waals surface area contributed by atoms with Crippen LogP contribution in [0.1, 0.15) is 26.3 Å².